The van der Waals surface area contributed by atoms with Crippen LogP contribution in [-0.4, -0.2) is 62.7 Å². The summed E-state index contributed by atoms with van der Waals surface area (Å²) in [5.74, 6) is -1.10. The molecule has 12 heteroatoms. The quantitative estimate of drug-likeness (QED) is 0.109. The van der Waals surface area contributed by atoms with Gasteiger partial charge in [-0.25, -0.2) is 0 Å². The summed E-state index contributed by atoms with van der Waals surface area (Å²) in [6.45, 7) is 6.14. The van der Waals surface area contributed by atoms with Crippen LogP contribution in [0.3, 0.4) is 0 Å². The lowest BCUT2D eigenvalue weighted by molar-refractivity contribution is -0.145. The van der Waals surface area contributed by atoms with Gasteiger partial charge < -0.3 is 24.9 Å². The number of nitrogens with zero attached hydrogens (tertiary/aromatic N) is 4. The van der Waals surface area contributed by atoms with Gasteiger partial charge >= 0.3 is 0 Å². The van der Waals surface area contributed by atoms with Crippen molar-refractivity contribution in [3.63, 3.8) is 0 Å². The van der Waals surface area contributed by atoms with Gasteiger partial charge in [-0.2, -0.15) is 0 Å². The average Bonchev–Trinajstić information content (AvgIpc) is 3.93. The molecule has 1 unspecified atom stereocenters. The van der Waals surface area contributed by atoms with Crippen LogP contribution in [0, 0.1) is 5.92 Å². The van der Waals surface area contributed by atoms with E-state index in [0.29, 0.717) is 41.3 Å². The topological polar surface area (TPSA) is 146 Å². The van der Waals surface area contributed by atoms with E-state index in [1.807, 2.05) is 136 Å². The first-order chi connectivity index (χ1) is 26.1. The number of carbonyl (C=O) groups excluding carboxylic acids is 2. The van der Waals surface area contributed by atoms with Gasteiger partial charge in [0.25, 0.3) is 5.91 Å². The van der Waals surface area contributed by atoms with Gasteiger partial charge in [-0.05, 0) is 67.0 Å². The van der Waals surface area contributed by atoms with Gasteiger partial charge in [0.2, 0.25) is 5.91 Å². The molecule has 54 heavy (non-hydrogen) atoms. The lowest BCUT2D eigenvalue weighted by Gasteiger charge is -2.32. The monoisotopic (exact) mass is 740 g/mol. The minimum absolute atomic E-state index is 0.105. The second-order valence-corrected chi connectivity index (χ2v) is 19.0. The Morgan fingerprint density at radius 3 is 2.48 bits per heavy atom. The molecule has 1 spiro atoms. The van der Waals surface area contributed by atoms with E-state index in [1.54, 1.807) is 9.58 Å². The minimum Gasteiger partial charge on any atom is -0.432 e. The van der Waals surface area contributed by atoms with Crippen molar-refractivity contribution in [1.82, 2.24) is 20.0 Å². The van der Waals surface area contributed by atoms with E-state index in [0.717, 1.165) is 22.0 Å². The Kier molecular flexibility index (Phi) is 9.30. The van der Waals surface area contributed by atoms with Crippen molar-refractivity contribution >= 4 is 48.1 Å². The number of anilines is 3. The number of rotatable bonds is 11. The smallest absolute Gasteiger partial charge is 0.268 e. The number of hydrogen-bond acceptors (Lipinski definition) is 7. The molecule has 276 valence electrons. The van der Waals surface area contributed by atoms with E-state index in [4.69, 9.17) is 4.74 Å². The van der Waals surface area contributed by atoms with Crippen LogP contribution in [-0.2, 0) is 32.9 Å². The molecular formula is C42H44N6O5Si. The summed E-state index contributed by atoms with van der Waals surface area (Å²) < 4.78 is 8.82. The third-order valence-corrected chi connectivity index (χ3v) is 13.7. The number of aryl methyl sites for hydroxylation is 1. The predicted molar refractivity (Wildman–Crippen MR) is 210 cm³/mol. The number of fused-ring (bicyclic) bond motifs is 3. The largest absolute Gasteiger partial charge is 0.432 e. The second-order valence-electron chi connectivity index (χ2n) is 15.0. The molecule has 0 aliphatic carbocycles. The van der Waals surface area contributed by atoms with Crippen molar-refractivity contribution < 1.29 is 24.2 Å². The van der Waals surface area contributed by atoms with Gasteiger partial charge in [-0.3, -0.25) is 19.2 Å². The number of carbonyl (C=O) groups is 2. The number of aromatic amines is 1. The SMILES string of the molecule is C[C@H]1[C@H]([Si](C)(C)O)[C@@H](CCn2cc(C(CO)c3ccccc3)nn2)O[C@]12C(=O)N(c1ccccc1)c1ccc(NC(=O)Cc3c[nH]c4ccccc34)cc12. The Hall–Kier alpha value is -5.40. The molecular weight excluding hydrogens is 697 g/mol. The first kappa shape index (κ1) is 35.6. The fraction of sp³-hybridized carbons (Fsp3) is 0.286. The van der Waals surface area contributed by atoms with Crippen LogP contribution < -0.4 is 10.2 Å². The normalized spacial score (nSPS) is 21.5. The van der Waals surface area contributed by atoms with Crippen LogP contribution in [0.5, 0.6) is 0 Å². The number of amides is 2. The Morgan fingerprint density at radius 2 is 1.74 bits per heavy atom. The third-order valence-electron chi connectivity index (χ3n) is 11.2. The fourth-order valence-corrected chi connectivity index (χ4v) is 11.3. The van der Waals surface area contributed by atoms with E-state index >= 15 is 0 Å². The lowest BCUT2D eigenvalue weighted by atomic mass is 9.82. The van der Waals surface area contributed by atoms with Crippen molar-refractivity contribution in [2.24, 2.45) is 5.92 Å². The number of H-pyrrole nitrogens is 1. The molecule has 4 N–H and O–H groups in total. The maximum Gasteiger partial charge on any atom is 0.268 e. The standard InChI is InChI=1S/C42H44N6O5Si/c1-27-40(54(2,3)52)38(20-21-47-25-36(45-46-47)33(26-49)28-12-6-4-7-13-28)53-42(27)34-23-30(18-19-37(34)48(41(42)51)31-14-8-5-9-15-31)44-39(50)22-29-24-43-35-17-11-10-16-32(29)35/h4-19,23-25,27,33,38,40,43,49,52H,20-22,26H2,1-3H3,(H,44,50)/t27-,33?,38+,40-,42+/m0/s1. The zero-order valence-electron chi connectivity index (χ0n) is 30.5. The summed E-state index contributed by atoms with van der Waals surface area (Å²) in [4.78, 5) is 45.2. The van der Waals surface area contributed by atoms with Gasteiger partial charge in [0, 0.05) is 58.2 Å². The number of aromatic nitrogens is 4. The molecule has 11 nitrogen and oxygen atoms in total. The van der Waals surface area contributed by atoms with E-state index in [9.17, 15) is 19.5 Å². The number of hydrogen-bond donors (Lipinski definition) is 4. The van der Waals surface area contributed by atoms with Gasteiger partial charge in [0.05, 0.1) is 36.4 Å². The van der Waals surface area contributed by atoms with Crippen LogP contribution in [0.1, 0.15) is 41.6 Å². The molecule has 4 heterocycles. The van der Waals surface area contributed by atoms with Crippen LogP contribution in [0.2, 0.25) is 18.6 Å². The van der Waals surface area contributed by atoms with E-state index in [2.05, 4.69) is 20.6 Å². The lowest BCUT2D eigenvalue weighted by Crippen LogP contribution is -2.45. The van der Waals surface area contributed by atoms with Crippen LogP contribution >= 0.6 is 0 Å². The van der Waals surface area contributed by atoms with Gasteiger partial charge in [-0.15, -0.1) is 5.10 Å². The van der Waals surface area contributed by atoms with Gasteiger partial charge in [-0.1, -0.05) is 78.9 Å². The summed E-state index contributed by atoms with van der Waals surface area (Å²) in [5, 5.41) is 23.1. The Morgan fingerprint density at radius 1 is 1.02 bits per heavy atom. The summed E-state index contributed by atoms with van der Waals surface area (Å²) in [6.07, 6.45) is 3.88. The molecule has 2 aromatic heterocycles. The Bertz CT molecular complexity index is 2300. The minimum atomic E-state index is -2.94. The maximum absolute atomic E-state index is 15.0. The van der Waals surface area contributed by atoms with Crippen LogP contribution in [0.4, 0.5) is 17.1 Å². The van der Waals surface area contributed by atoms with Crippen molar-refractivity contribution in [1.29, 1.82) is 0 Å². The number of ether oxygens (including phenoxy) is 1. The molecule has 2 aliphatic heterocycles. The molecule has 2 aliphatic rings. The summed E-state index contributed by atoms with van der Waals surface area (Å²) in [7, 11) is -2.94. The van der Waals surface area contributed by atoms with E-state index in [-0.39, 0.29) is 36.3 Å². The molecule has 4 aromatic carbocycles. The average molecular weight is 741 g/mol. The van der Waals surface area contributed by atoms with Crippen LogP contribution in [0.25, 0.3) is 10.9 Å². The molecule has 6 aromatic rings. The van der Waals surface area contributed by atoms with Crippen molar-refractivity contribution in [3.8, 4) is 0 Å². The number of aliphatic hydroxyl groups is 1. The Balaban J connectivity index is 1.11. The number of nitrogens with one attached hydrogen (secondary N) is 2. The maximum atomic E-state index is 15.0. The summed E-state index contributed by atoms with van der Waals surface area (Å²) >= 11 is 0. The van der Waals surface area contributed by atoms with Crippen LogP contribution in [0.15, 0.2) is 116 Å². The number of para-hydroxylation sites is 2. The highest BCUT2D eigenvalue weighted by molar-refractivity contribution is 6.71. The van der Waals surface area contributed by atoms with Crippen molar-refractivity contribution in [2.75, 3.05) is 16.8 Å². The highest BCUT2D eigenvalue weighted by atomic mass is 28.4. The molecule has 0 bridgehead atoms. The molecule has 2 amide bonds. The first-order valence-corrected chi connectivity index (χ1v) is 21.5. The summed E-state index contributed by atoms with van der Waals surface area (Å²) in [5.41, 5.74) is 4.37. The van der Waals surface area contributed by atoms with E-state index < -0.39 is 25.9 Å². The molecule has 0 saturated carbocycles. The Labute approximate surface area is 314 Å². The van der Waals surface area contributed by atoms with E-state index in [1.165, 1.54) is 0 Å². The van der Waals surface area contributed by atoms with Gasteiger partial charge in [0.15, 0.2) is 13.9 Å². The molecule has 0 radical (unpaired) electrons. The number of benzene rings is 4. The third kappa shape index (κ3) is 6.24. The van der Waals surface area contributed by atoms with Gasteiger partial charge in [0.1, 0.15) is 0 Å². The molecule has 5 atom stereocenters. The molecule has 1 fully saturated rings. The first-order valence-electron chi connectivity index (χ1n) is 18.4. The number of aliphatic hydroxyl groups excluding tert-OH is 1. The highest BCUT2D eigenvalue weighted by Crippen LogP contribution is 2.61. The van der Waals surface area contributed by atoms with Crippen molar-refractivity contribution in [2.45, 2.75) is 62.6 Å². The zero-order chi connectivity index (χ0) is 37.6. The molecule has 1 saturated heterocycles. The second kappa shape index (κ2) is 14.1. The highest BCUT2D eigenvalue weighted by Gasteiger charge is 2.66. The zero-order valence-corrected chi connectivity index (χ0v) is 31.5. The predicted octanol–water partition coefficient (Wildman–Crippen LogP) is 6.63. The van der Waals surface area contributed by atoms with Crippen molar-refractivity contribution in [3.05, 3.63) is 138 Å². The fourth-order valence-electron chi connectivity index (χ4n) is 8.74. The summed E-state index contributed by atoms with van der Waals surface area (Å²) in [6, 6.07) is 32.7. The molecule has 8 rings (SSSR count).